The number of aliphatic carboxylic acids is 1. The van der Waals surface area contributed by atoms with Gasteiger partial charge in [-0.1, -0.05) is 30.4 Å². The molecule has 2 aromatic carbocycles. The minimum atomic E-state index is -0.906. The van der Waals surface area contributed by atoms with Gasteiger partial charge in [-0.25, -0.2) is 0 Å². The van der Waals surface area contributed by atoms with Gasteiger partial charge in [0.1, 0.15) is 17.3 Å². The van der Waals surface area contributed by atoms with Crippen molar-refractivity contribution in [2.75, 3.05) is 20.7 Å². The lowest BCUT2D eigenvalue weighted by atomic mass is 10.0. The first-order valence-electron chi connectivity index (χ1n) is 6.18. The van der Waals surface area contributed by atoms with Crippen LogP contribution in [-0.2, 0) is 4.79 Å². The summed E-state index contributed by atoms with van der Waals surface area (Å²) in [6.45, 7) is -0.123. The second-order valence-corrected chi connectivity index (χ2v) is 6.00. The van der Waals surface area contributed by atoms with Crippen LogP contribution in [0.4, 0.5) is 0 Å². The maximum Gasteiger partial charge on any atom is 0.323 e. The van der Waals surface area contributed by atoms with Crippen LogP contribution in [0.5, 0.6) is 5.75 Å². The highest BCUT2D eigenvalue weighted by atomic mass is 127. The smallest absolute Gasteiger partial charge is 0.323 e. The Kier molecular flexibility index (Phi) is 5.00. The van der Waals surface area contributed by atoms with E-state index < -0.39 is 5.97 Å². The number of hydrogen-bond donors (Lipinski definition) is 1. The molecule has 2 rings (SSSR count). The van der Waals surface area contributed by atoms with Crippen molar-refractivity contribution >= 4 is 56.5 Å². The summed E-state index contributed by atoms with van der Waals surface area (Å²) in [4.78, 5) is 12.9. The Bertz CT molecular complexity index is 717. The summed E-state index contributed by atoms with van der Waals surface area (Å²) >= 11 is 7.66. The van der Waals surface area contributed by atoms with E-state index in [1.165, 1.54) is 0 Å². The number of fused-ring (bicyclic) bond motifs is 1. The highest BCUT2D eigenvalue weighted by Gasteiger charge is 2.15. The minimum Gasteiger partial charge on any atom is -0.496 e. The number of nitrogens with zero attached hydrogens (tertiary/aromatic N) is 1. The molecule has 0 heterocycles. The first-order chi connectivity index (χ1) is 9.95. The number of halogens is 1. The molecule has 0 aliphatic rings. The second kappa shape index (κ2) is 6.57. The summed E-state index contributed by atoms with van der Waals surface area (Å²) < 4.78 is 6.34. The van der Waals surface area contributed by atoms with E-state index in [0.717, 1.165) is 25.7 Å². The summed E-state index contributed by atoms with van der Waals surface area (Å²) in [6, 6.07) is 9.68. The summed E-state index contributed by atoms with van der Waals surface area (Å²) in [5, 5.41) is 10.9. The fourth-order valence-electron chi connectivity index (χ4n) is 2.13. The van der Waals surface area contributed by atoms with Gasteiger partial charge in [0.05, 0.1) is 10.7 Å². The molecule has 0 atom stereocenters. The number of carboxylic acid groups (broad SMARTS) is 1. The molecule has 0 radical (unpaired) electrons. The fraction of sp³-hybridized carbons (Fsp3) is 0.200. The number of likely N-dealkylation sites (N-methyl/N-ethyl adjacent to an activating group) is 1. The van der Waals surface area contributed by atoms with Crippen molar-refractivity contribution in [3.63, 3.8) is 0 Å². The average molecular weight is 415 g/mol. The van der Waals surface area contributed by atoms with Gasteiger partial charge in [0.25, 0.3) is 0 Å². The average Bonchev–Trinajstić information content (AvgIpc) is 2.46. The fourth-order valence-corrected chi connectivity index (χ4v) is 3.24. The summed E-state index contributed by atoms with van der Waals surface area (Å²) in [7, 11) is 3.32. The molecule has 6 heteroatoms. The number of rotatable bonds is 4. The van der Waals surface area contributed by atoms with Crippen LogP contribution in [0.2, 0.25) is 0 Å². The molecular weight excluding hydrogens is 401 g/mol. The number of thiocarbonyl (C=S) groups is 1. The summed E-state index contributed by atoms with van der Waals surface area (Å²) in [6.07, 6.45) is 0. The monoisotopic (exact) mass is 415 g/mol. The molecule has 110 valence electrons. The van der Waals surface area contributed by atoms with Gasteiger partial charge in [0, 0.05) is 12.6 Å². The van der Waals surface area contributed by atoms with Crippen LogP contribution in [0.25, 0.3) is 10.8 Å². The maximum absolute atomic E-state index is 10.8. The third kappa shape index (κ3) is 3.26. The van der Waals surface area contributed by atoms with Crippen LogP contribution in [0, 0.1) is 3.57 Å². The topological polar surface area (TPSA) is 49.8 Å². The molecule has 4 nitrogen and oxygen atoms in total. The van der Waals surface area contributed by atoms with Gasteiger partial charge in [0.2, 0.25) is 0 Å². The first-order valence-corrected chi connectivity index (χ1v) is 7.67. The Morgan fingerprint density at radius 1 is 1.33 bits per heavy atom. The van der Waals surface area contributed by atoms with Crippen LogP contribution in [0.15, 0.2) is 30.3 Å². The molecule has 2 aromatic rings. The Balaban J connectivity index is 2.53. The SMILES string of the molecule is COc1ccc2c(C(=S)N(C)CC(=O)O)cccc2c1I. The van der Waals surface area contributed by atoms with Crippen LogP contribution in [0.3, 0.4) is 0 Å². The van der Waals surface area contributed by atoms with Gasteiger partial charge in [0.15, 0.2) is 0 Å². The Morgan fingerprint density at radius 3 is 2.67 bits per heavy atom. The predicted molar refractivity (Wildman–Crippen MR) is 95.2 cm³/mol. The van der Waals surface area contributed by atoms with Crippen LogP contribution < -0.4 is 4.74 Å². The molecule has 0 amide bonds. The lowest BCUT2D eigenvalue weighted by Gasteiger charge is -2.19. The van der Waals surface area contributed by atoms with Crippen LogP contribution >= 0.6 is 34.8 Å². The largest absolute Gasteiger partial charge is 0.496 e. The van der Waals surface area contributed by atoms with Gasteiger partial charge >= 0.3 is 5.97 Å². The van der Waals surface area contributed by atoms with Crippen molar-refractivity contribution in [2.45, 2.75) is 0 Å². The number of carboxylic acids is 1. The number of hydrogen-bond acceptors (Lipinski definition) is 3. The third-order valence-corrected chi connectivity index (χ3v) is 4.77. The van der Waals surface area contributed by atoms with Crippen molar-refractivity contribution in [1.29, 1.82) is 0 Å². The zero-order valence-electron chi connectivity index (χ0n) is 11.6. The summed E-state index contributed by atoms with van der Waals surface area (Å²) in [5.41, 5.74) is 0.854. The van der Waals surface area contributed by atoms with E-state index in [2.05, 4.69) is 22.6 Å². The van der Waals surface area contributed by atoms with E-state index in [9.17, 15) is 4.79 Å². The molecule has 0 spiro atoms. The number of carbonyl (C=O) groups is 1. The predicted octanol–water partition coefficient (Wildman–Crippen LogP) is 3.14. The molecule has 0 fully saturated rings. The lowest BCUT2D eigenvalue weighted by molar-refractivity contribution is -0.137. The van der Waals surface area contributed by atoms with E-state index in [1.807, 2.05) is 30.3 Å². The molecule has 1 N–H and O–H groups in total. The number of methoxy groups -OCH3 is 1. The zero-order valence-corrected chi connectivity index (χ0v) is 14.6. The van der Waals surface area contributed by atoms with Crippen molar-refractivity contribution in [1.82, 2.24) is 4.90 Å². The first kappa shape index (κ1) is 16.0. The number of benzene rings is 2. The normalized spacial score (nSPS) is 10.4. The number of ether oxygens (including phenoxy) is 1. The van der Waals surface area contributed by atoms with Crippen LogP contribution in [0.1, 0.15) is 5.56 Å². The molecule has 0 unspecified atom stereocenters. The second-order valence-electron chi connectivity index (χ2n) is 4.54. The van der Waals surface area contributed by atoms with Gasteiger partial charge in [-0.2, -0.15) is 0 Å². The van der Waals surface area contributed by atoms with Crippen molar-refractivity contribution in [2.24, 2.45) is 0 Å². The van der Waals surface area contributed by atoms with Crippen molar-refractivity contribution in [3.05, 3.63) is 39.5 Å². The Morgan fingerprint density at radius 2 is 2.05 bits per heavy atom. The maximum atomic E-state index is 10.8. The molecule has 0 aliphatic heterocycles. The van der Waals surface area contributed by atoms with Gasteiger partial charge in [-0.3, -0.25) is 4.79 Å². The molecular formula is C15H14INO3S. The van der Waals surface area contributed by atoms with Crippen LogP contribution in [-0.4, -0.2) is 41.7 Å². The van der Waals surface area contributed by atoms with Crippen molar-refractivity contribution < 1.29 is 14.6 Å². The van der Waals surface area contributed by atoms with Gasteiger partial charge < -0.3 is 14.7 Å². The lowest BCUT2D eigenvalue weighted by Crippen LogP contribution is -2.31. The highest BCUT2D eigenvalue weighted by molar-refractivity contribution is 14.1. The van der Waals surface area contributed by atoms with Gasteiger partial charge in [-0.05, 0) is 45.5 Å². The minimum absolute atomic E-state index is 0.123. The third-order valence-electron chi connectivity index (χ3n) is 3.13. The van der Waals surface area contributed by atoms with Crippen molar-refractivity contribution in [3.8, 4) is 5.75 Å². The standard InChI is InChI=1S/C15H14INO3S/c1-17(8-13(18)19)15(21)11-5-3-4-10-9(11)6-7-12(20-2)14(10)16/h3-7H,8H2,1-2H3,(H,18,19). The zero-order chi connectivity index (χ0) is 15.6. The molecule has 0 bridgehead atoms. The quantitative estimate of drug-likeness (QED) is 0.615. The molecule has 0 saturated carbocycles. The molecule has 0 saturated heterocycles. The van der Waals surface area contributed by atoms with Gasteiger partial charge in [-0.15, -0.1) is 0 Å². The van der Waals surface area contributed by atoms with E-state index >= 15 is 0 Å². The molecule has 0 aromatic heterocycles. The Hall–Kier alpha value is -1.41. The summed E-state index contributed by atoms with van der Waals surface area (Å²) in [5.74, 6) is -0.0959. The van der Waals surface area contributed by atoms with E-state index in [1.54, 1.807) is 19.1 Å². The molecule has 0 aliphatic carbocycles. The van der Waals surface area contributed by atoms with E-state index in [4.69, 9.17) is 22.1 Å². The molecule has 21 heavy (non-hydrogen) atoms. The van der Waals surface area contributed by atoms with E-state index in [-0.39, 0.29) is 6.54 Å². The van der Waals surface area contributed by atoms with E-state index in [0.29, 0.717) is 4.99 Å². The highest BCUT2D eigenvalue weighted by Crippen LogP contribution is 2.31. The Labute approximate surface area is 141 Å².